The van der Waals surface area contributed by atoms with Crippen LogP contribution in [0.5, 0.6) is 0 Å². The highest BCUT2D eigenvalue weighted by atomic mass is 16.3. The minimum absolute atomic E-state index is 0.0509. The third kappa shape index (κ3) is 4.41. The molecule has 25 heavy (non-hydrogen) atoms. The van der Waals surface area contributed by atoms with Gasteiger partial charge < -0.3 is 5.11 Å². The van der Waals surface area contributed by atoms with Crippen LogP contribution in [-0.4, -0.2) is 10.7 Å². The largest absolute Gasteiger partial charge is 0.386 e. The lowest BCUT2D eigenvalue weighted by Crippen LogP contribution is -2.26. The van der Waals surface area contributed by atoms with Crippen LogP contribution >= 0.6 is 0 Å². The number of hydrogen-bond donors (Lipinski definition) is 1. The monoisotopic (exact) mass is 336 g/mol. The molecule has 0 spiro atoms. The van der Waals surface area contributed by atoms with Crippen molar-refractivity contribution in [3.8, 4) is 0 Å². The summed E-state index contributed by atoms with van der Waals surface area (Å²) in [5.74, 6) is 0. The maximum atomic E-state index is 9.92. The normalized spacial score (nSPS) is 12.8. The van der Waals surface area contributed by atoms with Crippen LogP contribution in [0.2, 0.25) is 0 Å². The molecule has 0 amide bonds. The van der Waals surface area contributed by atoms with Crippen LogP contribution in [0.3, 0.4) is 0 Å². The average molecular weight is 337 g/mol. The Morgan fingerprint density at radius 3 is 2.08 bits per heavy atom. The fourth-order valence-electron chi connectivity index (χ4n) is 3.63. The summed E-state index contributed by atoms with van der Waals surface area (Å²) in [6.07, 6.45) is 6.02. The van der Waals surface area contributed by atoms with Crippen molar-refractivity contribution < 1.29 is 5.11 Å². The lowest BCUT2D eigenvalue weighted by atomic mass is 9.70. The fraction of sp³-hybridized carbons (Fsp3) is 0.417. The Labute approximate surface area is 153 Å². The van der Waals surface area contributed by atoms with Gasteiger partial charge in [-0.25, -0.2) is 0 Å². The highest BCUT2D eigenvalue weighted by molar-refractivity contribution is 5.56. The Hall–Kier alpha value is -1.86. The van der Waals surface area contributed by atoms with E-state index < -0.39 is 5.60 Å². The molecule has 0 radical (unpaired) electrons. The predicted octanol–water partition coefficient (Wildman–Crippen LogP) is 6.19. The lowest BCUT2D eigenvalue weighted by Gasteiger charge is -2.34. The Kier molecular flexibility index (Phi) is 5.90. The van der Waals surface area contributed by atoms with Crippen molar-refractivity contribution in [2.75, 3.05) is 0 Å². The van der Waals surface area contributed by atoms with Gasteiger partial charge in [-0.1, -0.05) is 74.0 Å². The van der Waals surface area contributed by atoms with Crippen LogP contribution in [0, 0.1) is 13.8 Å². The van der Waals surface area contributed by atoms with Crippen molar-refractivity contribution in [2.24, 2.45) is 0 Å². The van der Waals surface area contributed by atoms with E-state index in [0.29, 0.717) is 0 Å². The minimum atomic E-state index is -0.788. The summed E-state index contributed by atoms with van der Waals surface area (Å²) in [5.41, 5.74) is 5.76. The third-order valence-corrected chi connectivity index (χ3v) is 5.27. The van der Waals surface area contributed by atoms with E-state index in [9.17, 15) is 5.11 Å². The average Bonchev–Trinajstić information content (AvgIpc) is 2.55. The molecular weight excluding hydrogens is 304 g/mol. The zero-order valence-electron chi connectivity index (χ0n) is 16.6. The molecule has 1 heteroatoms. The highest BCUT2D eigenvalue weighted by Crippen LogP contribution is 2.39. The molecule has 0 bridgehead atoms. The number of aliphatic hydroxyl groups is 1. The van der Waals surface area contributed by atoms with Gasteiger partial charge >= 0.3 is 0 Å². The third-order valence-electron chi connectivity index (χ3n) is 5.27. The van der Waals surface area contributed by atoms with Crippen molar-refractivity contribution in [1.29, 1.82) is 0 Å². The Bertz CT molecular complexity index is 743. The summed E-state index contributed by atoms with van der Waals surface area (Å²) in [7, 11) is 0. The van der Waals surface area contributed by atoms with E-state index in [0.717, 1.165) is 18.4 Å². The molecule has 0 aliphatic heterocycles. The molecular formula is C24H32O. The summed E-state index contributed by atoms with van der Waals surface area (Å²) in [4.78, 5) is 0. The molecule has 2 rings (SSSR count). The smallest absolute Gasteiger partial charge is 0.0774 e. The molecule has 0 aliphatic rings. The SMILES string of the molecule is CCC(CC)(c1cccc(C)c1)c1ccc(C=CC(C)(C)O)c(C)c1. The van der Waals surface area contributed by atoms with Gasteiger partial charge in [-0.3, -0.25) is 0 Å². The van der Waals surface area contributed by atoms with Gasteiger partial charge in [0.15, 0.2) is 0 Å². The van der Waals surface area contributed by atoms with Crippen LogP contribution in [0.25, 0.3) is 6.08 Å². The molecule has 1 nitrogen and oxygen atoms in total. The van der Waals surface area contributed by atoms with Gasteiger partial charge in [-0.05, 0) is 62.8 Å². The zero-order chi connectivity index (χ0) is 18.7. The first-order valence-electron chi connectivity index (χ1n) is 9.32. The summed E-state index contributed by atoms with van der Waals surface area (Å²) in [6, 6.07) is 15.7. The maximum Gasteiger partial charge on any atom is 0.0774 e. The van der Waals surface area contributed by atoms with Gasteiger partial charge in [-0.15, -0.1) is 0 Å². The quantitative estimate of drug-likeness (QED) is 0.666. The van der Waals surface area contributed by atoms with E-state index in [1.54, 1.807) is 13.8 Å². The van der Waals surface area contributed by atoms with E-state index in [-0.39, 0.29) is 5.41 Å². The van der Waals surface area contributed by atoms with E-state index in [2.05, 4.69) is 70.2 Å². The van der Waals surface area contributed by atoms with E-state index in [4.69, 9.17) is 0 Å². The molecule has 2 aromatic carbocycles. The second kappa shape index (κ2) is 7.58. The summed E-state index contributed by atoms with van der Waals surface area (Å²) >= 11 is 0. The topological polar surface area (TPSA) is 20.2 Å². The van der Waals surface area contributed by atoms with Gasteiger partial charge in [0.05, 0.1) is 5.60 Å². The Morgan fingerprint density at radius 1 is 0.920 bits per heavy atom. The lowest BCUT2D eigenvalue weighted by molar-refractivity contribution is 0.134. The van der Waals surface area contributed by atoms with Crippen LogP contribution in [0.1, 0.15) is 68.4 Å². The Balaban J connectivity index is 2.50. The molecule has 134 valence electrons. The molecule has 0 fully saturated rings. The molecule has 0 atom stereocenters. The number of aryl methyl sites for hydroxylation is 2. The summed E-state index contributed by atoms with van der Waals surface area (Å²) in [6.45, 7) is 12.5. The predicted molar refractivity (Wildman–Crippen MR) is 109 cm³/mol. The zero-order valence-corrected chi connectivity index (χ0v) is 16.6. The van der Waals surface area contributed by atoms with Gasteiger partial charge in [-0.2, -0.15) is 0 Å². The Morgan fingerprint density at radius 2 is 1.56 bits per heavy atom. The van der Waals surface area contributed by atoms with E-state index >= 15 is 0 Å². The second-order valence-corrected chi connectivity index (χ2v) is 7.72. The molecule has 1 N–H and O–H groups in total. The summed E-state index contributed by atoms with van der Waals surface area (Å²) < 4.78 is 0. The van der Waals surface area contributed by atoms with Crippen molar-refractivity contribution in [3.05, 3.63) is 76.4 Å². The molecule has 0 heterocycles. The first-order chi connectivity index (χ1) is 11.7. The number of benzene rings is 2. The van der Waals surface area contributed by atoms with Crippen molar-refractivity contribution in [3.63, 3.8) is 0 Å². The molecule has 2 aromatic rings. The van der Waals surface area contributed by atoms with Gasteiger partial charge in [0.1, 0.15) is 0 Å². The number of hydrogen-bond acceptors (Lipinski definition) is 1. The van der Waals surface area contributed by atoms with Gasteiger partial charge in [0.25, 0.3) is 0 Å². The number of rotatable bonds is 6. The van der Waals surface area contributed by atoms with E-state index in [1.807, 2.05) is 12.2 Å². The molecule has 0 saturated heterocycles. The van der Waals surface area contributed by atoms with Gasteiger partial charge in [0, 0.05) is 5.41 Å². The van der Waals surface area contributed by atoms with Crippen molar-refractivity contribution in [2.45, 2.75) is 65.4 Å². The molecule has 0 aliphatic carbocycles. The molecule has 0 saturated carbocycles. The van der Waals surface area contributed by atoms with Crippen LogP contribution < -0.4 is 0 Å². The molecule has 0 aromatic heterocycles. The van der Waals surface area contributed by atoms with Crippen LogP contribution in [-0.2, 0) is 5.41 Å². The first-order valence-corrected chi connectivity index (χ1v) is 9.32. The van der Waals surface area contributed by atoms with Crippen LogP contribution in [0.15, 0.2) is 48.5 Å². The maximum absolute atomic E-state index is 9.92. The van der Waals surface area contributed by atoms with Crippen molar-refractivity contribution >= 4 is 6.08 Å². The van der Waals surface area contributed by atoms with Crippen LogP contribution in [0.4, 0.5) is 0 Å². The molecule has 0 unspecified atom stereocenters. The minimum Gasteiger partial charge on any atom is -0.386 e. The van der Waals surface area contributed by atoms with Gasteiger partial charge in [0.2, 0.25) is 0 Å². The summed E-state index contributed by atoms with van der Waals surface area (Å²) in [5, 5.41) is 9.92. The second-order valence-electron chi connectivity index (χ2n) is 7.72. The highest BCUT2D eigenvalue weighted by Gasteiger charge is 2.30. The van der Waals surface area contributed by atoms with E-state index in [1.165, 1.54) is 22.3 Å². The fourth-order valence-corrected chi connectivity index (χ4v) is 3.63. The van der Waals surface area contributed by atoms with Crippen molar-refractivity contribution in [1.82, 2.24) is 0 Å². The first kappa shape index (κ1) is 19.5. The standard InChI is InChI=1S/C24H32O/c1-7-24(8-2,21-11-9-10-18(3)16-21)22-13-12-20(19(4)17-22)14-15-23(5,6)25/h9-17,25H,7-8H2,1-6H3.